The van der Waals surface area contributed by atoms with Gasteiger partial charge in [-0.05, 0) is 49.6 Å². The van der Waals surface area contributed by atoms with Crippen molar-refractivity contribution < 1.29 is 22.7 Å². The topological polar surface area (TPSA) is 96.0 Å². The van der Waals surface area contributed by atoms with Gasteiger partial charge in [-0.15, -0.1) is 0 Å². The Kier molecular flexibility index (Phi) is 6.71. The molecule has 0 aromatic heterocycles. The van der Waals surface area contributed by atoms with Gasteiger partial charge in [0.25, 0.3) is 0 Å². The zero-order chi connectivity index (χ0) is 23.6. The maximum absolute atomic E-state index is 13.0. The summed E-state index contributed by atoms with van der Waals surface area (Å²) in [7, 11) is -2.07. The minimum Gasteiger partial charge on any atom is -0.495 e. The van der Waals surface area contributed by atoms with E-state index in [9.17, 15) is 18.0 Å². The molecule has 4 rings (SSSR count). The monoisotopic (exact) mass is 471 g/mol. The number of aryl methyl sites for hydroxylation is 1. The number of anilines is 2. The van der Waals surface area contributed by atoms with Gasteiger partial charge in [0, 0.05) is 31.7 Å². The van der Waals surface area contributed by atoms with Crippen molar-refractivity contribution in [1.29, 1.82) is 0 Å². The van der Waals surface area contributed by atoms with Crippen LogP contribution in [0, 0.1) is 12.8 Å². The van der Waals surface area contributed by atoms with Crippen LogP contribution in [-0.2, 0) is 19.6 Å². The first kappa shape index (κ1) is 23.3. The lowest BCUT2D eigenvalue weighted by molar-refractivity contribution is -0.122. The molecule has 1 atom stereocenters. The average Bonchev–Trinajstić information content (AvgIpc) is 3.22. The summed E-state index contributed by atoms with van der Waals surface area (Å²) in [5, 5.41) is 2.86. The van der Waals surface area contributed by atoms with Crippen LogP contribution in [0.5, 0.6) is 5.75 Å². The summed E-state index contributed by atoms with van der Waals surface area (Å²) in [5.74, 6) is -0.447. The number of nitrogens with zero attached hydrogens (tertiary/aromatic N) is 2. The Bertz CT molecular complexity index is 1160. The third kappa shape index (κ3) is 4.74. The van der Waals surface area contributed by atoms with Gasteiger partial charge in [0.15, 0.2) is 0 Å². The molecule has 0 saturated carbocycles. The molecule has 2 amide bonds. The van der Waals surface area contributed by atoms with Crippen molar-refractivity contribution in [3.63, 3.8) is 0 Å². The molecule has 8 nitrogen and oxygen atoms in total. The highest BCUT2D eigenvalue weighted by Crippen LogP contribution is 2.33. The molecule has 2 heterocycles. The van der Waals surface area contributed by atoms with Crippen molar-refractivity contribution in [1.82, 2.24) is 4.31 Å². The molecule has 1 N–H and O–H groups in total. The minimum absolute atomic E-state index is 0.0781. The van der Waals surface area contributed by atoms with Crippen LogP contribution >= 0.6 is 0 Å². The van der Waals surface area contributed by atoms with Crippen molar-refractivity contribution in [2.24, 2.45) is 5.92 Å². The number of carbonyl (C=O) groups excluding carboxylic acids is 2. The highest BCUT2D eigenvalue weighted by molar-refractivity contribution is 7.89. The maximum atomic E-state index is 13.0. The molecule has 0 aliphatic carbocycles. The first-order valence-electron chi connectivity index (χ1n) is 11.2. The van der Waals surface area contributed by atoms with Crippen molar-refractivity contribution in [2.75, 3.05) is 37.0 Å². The lowest BCUT2D eigenvalue weighted by Crippen LogP contribution is -2.35. The fourth-order valence-electron chi connectivity index (χ4n) is 4.35. The van der Waals surface area contributed by atoms with E-state index in [1.165, 1.54) is 17.5 Å². The minimum atomic E-state index is -3.61. The molecule has 9 heteroatoms. The third-order valence-corrected chi connectivity index (χ3v) is 8.19. The van der Waals surface area contributed by atoms with Crippen molar-refractivity contribution >= 4 is 33.2 Å². The van der Waals surface area contributed by atoms with E-state index in [4.69, 9.17) is 4.74 Å². The summed E-state index contributed by atoms with van der Waals surface area (Å²) in [6.45, 7) is 3.07. The average molecular weight is 472 g/mol. The predicted molar refractivity (Wildman–Crippen MR) is 126 cm³/mol. The quantitative estimate of drug-likeness (QED) is 0.698. The van der Waals surface area contributed by atoms with Gasteiger partial charge in [-0.25, -0.2) is 8.42 Å². The lowest BCUT2D eigenvalue weighted by Gasteiger charge is -2.26. The highest BCUT2D eigenvalue weighted by atomic mass is 32.2. The number of benzene rings is 2. The Hall–Kier alpha value is -2.91. The van der Waals surface area contributed by atoms with E-state index in [2.05, 4.69) is 5.32 Å². The van der Waals surface area contributed by atoms with Crippen molar-refractivity contribution in [2.45, 2.75) is 37.5 Å². The molecule has 176 valence electrons. The van der Waals surface area contributed by atoms with Crippen LogP contribution in [-0.4, -0.2) is 51.3 Å². The Morgan fingerprint density at radius 3 is 2.55 bits per heavy atom. The summed E-state index contributed by atoms with van der Waals surface area (Å²) in [5.41, 5.74) is 1.83. The molecule has 0 radical (unpaired) electrons. The number of ether oxygens (including phenoxy) is 1. The number of piperidine rings is 1. The molecule has 2 saturated heterocycles. The number of methoxy groups -OCH3 is 1. The smallest absolute Gasteiger partial charge is 0.243 e. The zero-order valence-electron chi connectivity index (χ0n) is 18.9. The lowest BCUT2D eigenvalue weighted by atomic mass is 10.1. The van der Waals surface area contributed by atoms with Gasteiger partial charge >= 0.3 is 0 Å². The Labute approximate surface area is 194 Å². The second-order valence-corrected chi connectivity index (χ2v) is 10.4. The van der Waals surface area contributed by atoms with Crippen molar-refractivity contribution in [3.05, 3.63) is 48.0 Å². The van der Waals surface area contributed by atoms with Crippen LogP contribution in [0.4, 0.5) is 11.4 Å². The second kappa shape index (κ2) is 9.52. The van der Waals surface area contributed by atoms with Crippen LogP contribution in [0.25, 0.3) is 0 Å². The van der Waals surface area contributed by atoms with Gasteiger partial charge in [0.2, 0.25) is 21.8 Å². The van der Waals surface area contributed by atoms with Gasteiger partial charge in [0.05, 0.1) is 23.6 Å². The van der Waals surface area contributed by atoms with Crippen LogP contribution in [0.15, 0.2) is 47.4 Å². The third-order valence-electron chi connectivity index (χ3n) is 6.29. The van der Waals surface area contributed by atoms with Crippen LogP contribution in [0.1, 0.15) is 31.2 Å². The highest BCUT2D eigenvalue weighted by Gasteiger charge is 2.36. The standard InChI is InChI=1S/C24H29N3O5S/c1-17-10-11-19(33(30,31)26-12-6-3-7-13-26)15-20(17)25-24(29)18-14-23(28)27(16-18)21-8-4-5-9-22(21)32-2/h4-5,8-11,15,18H,3,6-7,12-14,16H2,1-2H3,(H,25,29)/t18-/m0/s1. The van der Waals surface area contributed by atoms with Gasteiger partial charge in [-0.2, -0.15) is 4.31 Å². The Morgan fingerprint density at radius 2 is 1.82 bits per heavy atom. The molecule has 2 fully saturated rings. The van der Waals surface area contributed by atoms with E-state index in [-0.39, 0.29) is 29.7 Å². The predicted octanol–water partition coefficient (Wildman–Crippen LogP) is 3.17. The van der Waals surface area contributed by atoms with E-state index in [0.29, 0.717) is 30.2 Å². The van der Waals surface area contributed by atoms with Gasteiger partial charge in [-0.3, -0.25) is 9.59 Å². The van der Waals surface area contributed by atoms with Gasteiger partial charge in [-0.1, -0.05) is 24.6 Å². The number of nitrogens with one attached hydrogen (secondary N) is 1. The first-order chi connectivity index (χ1) is 15.8. The summed E-state index contributed by atoms with van der Waals surface area (Å²) in [6.07, 6.45) is 2.82. The molecule has 0 spiro atoms. The molecular formula is C24H29N3O5S. The largest absolute Gasteiger partial charge is 0.495 e. The summed E-state index contributed by atoms with van der Waals surface area (Å²) in [4.78, 5) is 27.4. The Morgan fingerprint density at radius 1 is 1.09 bits per heavy atom. The summed E-state index contributed by atoms with van der Waals surface area (Å²) in [6, 6.07) is 12.0. The number of sulfonamides is 1. The molecule has 0 unspecified atom stereocenters. The first-order valence-corrected chi connectivity index (χ1v) is 12.6. The van der Waals surface area contributed by atoms with E-state index in [1.54, 1.807) is 29.2 Å². The molecule has 33 heavy (non-hydrogen) atoms. The number of rotatable bonds is 6. The molecule has 2 aromatic carbocycles. The number of hydrogen-bond donors (Lipinski definition) is 1. The SMILES string of the molecule is COc1ccccc1N1C[C@@H](C(=O)Nc2cc(S(=O)(=O)N3CCCCC3)ccc2C)CC1=O. The second-order valence-electron chi connectivity index (χ2n) is 8.51. The molecular weight excluding hydrogens is 442 g/mol. The van der Waals surface area contributed by atoms with E-state index in [0.717, 1.165) is 24.8 Å². The van der Waals surface area contributed by atoms with Gasteiger partial charge in [0.1, 0.15) is 5.75 Å². The molecule has 0 bridgehead atoms. The molecule has 2 aromatic rings. The fourth-order valence-corrected chi connectivity index (χ4v) is 5.90. The Balaban J connectivity index is 1.51. The van der Waals surface area contributed by atoms with Gasteiger partial charge < -0.3 is 15.0 Å². The van der Waals surface area contributed by atoms with Crippen LogP contribution < -0.4 is 15.0 Å². The molecule has 2 aliphatic rings. The van der Waals surface area contributed by atoms with E-state index < -0.39 is 15.9 Å². The molecule has 2 aliphatic heterocycles. The van der Waals surface area contributed by atoms with Crippen molar-refractivity contribution in [3.8, 4) is 5.75 Å². The van der Waals surface area contributed by atoms with E-state index in [1.807, 2.05) is 19.1 Å². The number of para-hydroxylation sites is 2. The fraction of sp³-hybridized carbons (Fsp3) is 0.417. The zero-order valence-corrected chi connectivity index (χ0v) is 19.7. The number of carbonyl (C=O) groups is 2. The number of amides is 2. The maximum Gasteiger partial charge on any atom is 0.243 e. The normalized spacial score (nSPS) is 19.5. The number of hydrogen-bond acceptors (Lipinski definition) is 5. The van der Waals surface area contributed by atoms with Crippen LogP contribution in [0.3, 0.4) is 0 Å². The summed E-state index contributed by atoms with van der Waals surface area (Å²) < 4.78 is 33.0. The summed E-state index contributed by atoms with van der Waals surface area (Å²) >= 11 is 0. The van der Waals surface area contributed by atoms with Crippen LogP contribution in [0.2, 0.25) is 0 Å². The van der Waals surface area contributed by atoms with E-state index >= 15 is 0 Å².